The molecule has 1 aliphatic rings. The molecule has 0 unspecified atom stereocenters. The van der Waals surface area contributed by atoms with Crippen molar-refractivity contribution in [1.29, 1.82) is 0 Å². The summed E-state index contributed by atoms with van der Waals surface area (Å²) in [5, 5.41) is 9.59. The third-order valence-corrected chi connectivity index (χ3v) is 4.60. The van der Waals surface area contributed by atoms with Crippen LogP contribution in [0.2, 0.25) is 6.82 Å². The van der Waals surface area contributed by atoms with Crippen molar-refractivity contribution in [2.75, 3.05) is 13.1 Å². The number of aromatic nitrogens is 2. The highest BCUT2D eigenvalue weighted by molar-refractivity contribution is 6.45. The van der Waals surface area contributed by atoms with E-state index in [1.165, 1.54) is 12.3 Å². The van der Waals surface area contributed by atoms with Gasteiger partial charge in [0.1, 0.15) is 0 Å². The second kappa shape index (κ2) is 7.79. The molecule has 0 saturated heterocycles. The third kappa shape index (κ3) is 4.97. The summed E-state index contributed by atoms with van der Waals surface area (Å²) in [5.74, 6) is 0.235. The number of hydrogen-bond donors (Lipinski definition) is 1. The van der Waals surface area contributed by atoms with Gasteiger partial charge in [-0.15, -0.1) is 0 Å². The average molecular weight is 415 g/mol. The first-order chi connectivity index (χ1) is 13.4. The zero-order chi connectivity index (χ0) is 21.4. The first-order valence-corrected chi connectivity index (χ1v) is 8.69. The van der Waals surface area contributed by atoms with Gasteiger partial charge in [0.05, 0.1) is 16.8 Å². The largest absolute Gasteiger partial charge is 0.437 e. The lowest BCUT2D eigenvalue weighted by Gasteiger charge is -2.26. The normalized spacial score (nSPS) is 15.9. The summed E-state index contributed by atoms with van der Waals surface area (Å²) in [6, 6.07) is 2.64. The Kier molecular flexibility index (Phi) is 5.73. The van der Waals surface area contributed by atoms with Crippen LogP contribution in [0.15, 0.2) is 36.5 Å². The molecule has 0 saturated carbocycles. The zero-order valence-corrected chi connectivity index (χ0v) is 15.2. The minimum Gasteiger partial charge on any atom is -0.437 e. The molecule has 0 fully saturated rings. The van der Waals surface area contributed by atoms with Crippen LogP contribution in [0.25, 0.3) is 16.8 Å². The van der Waals surface area contributed by atoms with Crippen LogP contribution in [-0.4, -0.2) is 39.9 Å². The van der Waals surface area contributed by atoms with E-state index in [0.29, 0.717) is 37.2 Å². The summed E-state index contributed by atoms with van der Waals surface area (Å²) >= 11 is 0. The first kappa shape index (κ1) is 21.3. The Morgan fingerprint density at radius 3 is 2.14 bits per heavy atom. The Morgan fingerprint density at radius 2 is 1.66 bits per heavy atom. The number of rotatable bonds is 3. The van der Waals surface area contributed by atoms with Crippen molar-refractivity contribution in [2.24, 2.45) is 0 Å². The van der Waals surface area contributed by atoms with Crippen molar-refractivity contribution in [3.63, 3.8) is 0 Å². The molecule has 1 N–H and O–H groups in total. The fraction of sp³-hybridized carbons (Fsp3) is 0.333. The fourth-order valence-corrected chi connectivity index (χ4v) is 3.00. The lowest BCUT2D eigenvalue weighted by atomic mass is 9.83. The lowest BCUT2D eigenvalue weighted by molar-refractivity contribution is -0.143. The second-order valence-corrected chi connectivity index (χ2v) is 6.67. The third-order valence-electron chi connectivity index (χ3n) is 4.60. The Labute approximate surface area is 163 Å². The van der Waals surface area contributed by atoms with Gasteiger partial charge in [0.2, 0.25) is 0 Å². The van der Waals surface area contributed by atoms with Gasteiger partial charge in [-0.05, 0) is 49.6 Å². The molecule has 0 bridgehead atoms. The molecular weight excluding hydrogens is 399 g/mol. The molecule has 3 rings (SSSR count). The van der Waals surface area contributed by atoms with E-state index < -0.39 is 30.5 Å². The van der Waals surface area contributed by atoms with Gasteiger partial charge in [0.15, 0.2) is 5.82 Å². The van der Waals surface area contributed by atoms with Gasteiger partial charge in [-0.2, -0.15) is 26.3 Å². The summed E-state index contributed by atoms with van der Waals surface area (Å²) in [4.78, 5) is 10.1. The first-order valence-electron chi connectivity index (χ1n) is 8.69. The SMILES string of the molecule is CB(O)N1CC=C(c2nccc(-c3cc(C(F)(F)F)cc(C(F)(F)F)c3)n2)CC1. The molecule has 0 spiro atoms. The molecule has 29 heavy (non-hydrogen) atoms. The summed E-state index contributed by atoms with van der Waals surface area (Å²) < 4.78 is 78.5. The molecule has 0 radical (unpaired) electrons. The van der Waals surface area contributed by atoms with E-state index in [9.17, 15) is 31.4 Å². The van der Waals surface area contributed by atoms with Gasteiger partial charge >= 0.3 is 19.4 Å². The van der Waals surface area contributed by atoms with Gasteiger partial charge in [0.25, 0.3) is 0 Å². The predicted molar refractivity (Wildman–Crippen MR) is 95.5 cm³/mol. The summed E-state index contributed by atoms with van der Waals surface area (Å²) in [7, 11) is -0.633. The maximum Gasteiger partial charge on any atom is 0.416 e. The van der Waals surface area contributed by atoms with Crippen LogP contribution in [-0.2, 0) is 12.4 Å². The minimum atomic E-state index is -4.93. The molecule has 0 aliphatic carbocycles. The Hall–Kier alpha value is -2.40. The van der Waals surface area contributed by atoms with Crippen molar-refractivity contribution in [2.45, 2.75) is 25.6 Å². The van der Waals surface area contributed by atoms with Crippen LogP contribution in [0.1, 0.15) is 23.4 Å². The van der Waals surface area contributed by atoms with Crippen molar-refractivity contribution in [1.82, 2.24) is 14.8 Å². The van der Waals surface area contributed by atoms with Crippen LogP contribution in [0.3, 0.4) is 0 Å². The van der Waals surface area contributed by atoms with Crippen LogP contribution < -0.4 is 0 Å². The monoisotopic (exact) mass is 415 g/mol. The van der Waals surface area contributed by atoms with Gasteiger partial charge in [-0.25, -0.2) is 9.97 Å². The standard InChI is InChI=1S/C18H16BF6N3O/c1-19(29)28-6-3-11(4-7-28)16-26-5-2-15(27-16)12-8-13(17(20,21)22)10-14(9-12)18(23,24)25/h2-3,5,8-10,29H,4,6-7H2,1H3. The molecule has 1 aromatic heterocycles. The molecule has 2 aromatic rings. The number of hydrogen-bond acceptors (Lipinski definition) is 4. The summed E-state index contributed by atoms with van der Waals surface area (Å²) in [6.45, 7) is 2.59. The highest BCUT2D eigenvalue weighted by Crippen LogP contribution is 2.38. The maximum atomic E-state index is 13.1. The van der Waals surface area contributed by atoms with Crippen molar-refractivity contribution in [3.05, 3.63) is 53.5 Å². The van der Waals surface area contributed by atoms with Crippen LogP contribution >= 0.6 is 0 Å². The Bertz CT molecular complexity index is 894. The van der Waals surface area contributed by atoms with E-state index >= 15 is 0 Å². The van der Waals surface area contributed by atoms with Crippen LogP contribution in [0.4, 0.5) is 26.3 Å². The minimum absolute atomic E-state index is 0.0366. The molecule has 154 valence electrons. The topological polar surface area (TPSA) is 49.2 Å². The Balaban J connectivity index is 2.01. The summed E-state index contributed by atoms with van der Waals surface area (Å²) in [6.07, 6.45) is -6.29. The smallest absolute Gasteiger partial charge is 0.416 e. The fourth-order valence-electron chi connectivity index (χ4n) is 3.00. The maximum absolute atomic E-state index is 13.1. The van der Waals surface area contributed by atoms with Gasteiger partial charge in [-0.3, -0.25) is 0 Å². The zero-order valence-electron chi connectivity index (χ0n) is 15.2. The van der Waals surface area contributed by atoms with Gasteiger partial charge in [0, 0.05) is 18.3 Å². The highest BCUT2D eigenvalue weighted by Gasteiger charge is 2.37. The van der Waals surface area contributed by atoms with E-state index in [4.69, 9.17) is 0 Å². The molecule has 0 atom stereocenters. The van der Waals surface area contributed by atoms with Crippen LogP contribution in [0, 0.1) is 0 Å². The van der Waals surface area contributed by atoms with E-state index in [1.807, 2.05) is 0 Å². The Morgan fingerprint density at radius 1 is 1.03 bits per heavy atom. The molecule has 2 heterocycles. The lowest BCUT2D eigenvalue weighted by Crippen LogP contribution is -2.39. The van der Waals surface area contributed by atoms with E-state index in [0.717, 1.165) is 0 Å². The van der Waals surface area contributed by atoms with E-state index in [1.54, 1.807) is 17.7 Å². The van der Waals surface area contributed by atoms with Crippen LogP contribution in [0.5, 0.6) is 0 Å². The van der Waals surface area contributed by atoms with E-state index in [-0.39, 0.29) is 23.1 Å². The molecule has 4 nitrogen and oxygen atoms in total. The molecule has 11 heteroatoms. The number of benzene rings is 1. The van der Waals surface area contributed by atoms with E-state index in [2.05, 4.69) is 9.97 Å². The number of nitrogens with zero attached hydrogens (tertiary/aromatic N) is 3. The average Bonchev–Trinajstić information content (AvgIpc) is 2.66. The predicted octanol–water partition coefficient (Wildman–Crippen LogP) is 4.38. The molecular formula is C18H16BF6N3O. The summed E-state index contributed by atoms with van der Waals surface area (Å²) in [5.41, 5.74) is -2.41. The van der Waals surface area contributed by atoms with Crippen molar-refractivity contribution >= 4 is 12.6 Å². The molecule has 1 aliphatic heterocycles. The number of alkyl halides is 6. The number of halogens is 6. The molecule has 1 aromatic carbocycles. The van der Waals surface area contributed by atoms with Gasteiger partial charge in [-0.1, -0.05) is 6.08 Å². The van der Waals surface area contributed by atoms with Crippen molar-refractivity contribution in [3.8, 4) is 11.3 Å². The second-order valence-electron chi connectivity index (χ2n) is 6.67. The quantitative estimate of drug-likeness (QED) is 0.597. The molecule has 0 amide bonds. The van der Waals surface area contributed by atoms with Crippen molar-refractivity contribution < 1.29 is 31.4 Å². The van der Waals surface area contributed by atoms with Gasteiger partial charge < -0.3 is 9.83 Å². The highest BCUT2D eigenvalue weighted by atomic mass is 19.4.